The van der Waals surface area contributed by atoms with Gasteiger partial charge in [-0.25, -0.2) is 15.0 Å². The van der Waals surface area contributed by atoms with Gasteiger partial charge in [0.1, 0.15) is 0 Å². The second kappa shape index (κ2) is 13.0. The van der Waals surface area contributed by atoms with E-state index in [4.69, 9.17) is 15.0 Å². The van der Waals surface area contributed by atoms with E-state index >= 15 is 0 Å². The highest BCUT2D eigenvalue weighted by atomic mass is 32.2. The third kappa shape index (κ3) is 5.32. The van der Waals surface area contributed by atoms with E-state index in [-0.39, 0.29) is 0 Å². The molecule has 1 aliphatic heterocycles. The molecule has 4 nitrogen and oxygen atoms in total. The maximum atomic E-state index is 5.07. The quantitative estimate of drug-likeness (QED) is 0.175. The van der Waals surface area contributed by atoms with E-state index in [2.05, 4.69) is 150 Å². The van der Waals surface area contributed by atoms with Gasteiger partial charge in [-0.15, -0.1) is 23.1 Å². The third-order valence-corrected chi connectivity index (χ3v) is 13.9. The van der Waals surface area contributed by atoms with Crippen LogP contribution in [0.5, 0.6) is 0 Å². The number of para-hydroxylation sites is 2. The summed E-state index contributed by atoms with van der Waals surface area (Å²) in [7, 11) is 0. The van der Waals surface area contributed by atoms with Crippen LogP contribution in [-0.4, -0.2) is 24.8 Å². The predicted octanol–water partition coefficient (Wildman–Crippen LogP) is 13.7. The monoisotopic (exact) mass is 764 g/mol. The highest BCUT2D eigenvalue weighted by Crippen LogP contribution is 2.51. The fourth-order valence-electron chi connectivity index (χ4n) is 8.70. The molecule has 0 bridgehead atoms. The Bertz CT molecular complexity index is 3180. The second-order valence-electron chi connectivity index (χ2n) is 14.7. The highest BCUT2D eigenvalue weighted by Gasteiger charge is 2.33. The van der Waals surface area contributed by atoms with Crippen molar-refractivity contribution in [3.05, 3.63) is 188 Å². The number of rotatable bonds is 5. The first kappa shape index (κ1) is 32.6. The molecule has 6 heteroatoms. The number of aromatic nitrogens is 4. The number of benzene rings is 7. The zero-order chi connectivity index (χ0) is 37.5. The van der Waals surface area contributed by atoms with Gasteiger partial charge in [-0.3, -0.25) is 0 Å². The van der Waals surface area contributed by atoms with Crippen LogP contribution < -0.4 is 0 Å². The number of fused-ring (bicyclic) bond motifs is 9. The topological polar surface area (TPSA) is 43.6 Å². The third-order valence-electron chi connectivity index (χ3n) is 11.4. The van der Waals surface area contributed by atoms with Crippen molar-refractivity contribution in [3.63, 3.8) is 0 Å². The number of hydrogen-bond donors (Lipinski definition) is 0. The molecule has 0 saturated carbocycles. The Labute approximate surface area is 337 Å². The summed E-state index contributed by atoms with van der Waals surface area (Å²) in [5, 5.41) is 5.40. The Morgan fingerprint density at radius 2 is 1.11 bits per heavy atom. The first-order valence-corrected chi connectivity index (χ1v) is 21.0. The molecule has 2 aliphatic rings. The summed E-state index contributed by atoms with van der Waals surface area (Å²) >= 11 is 3.80. The summed E-state index contributed by atoms with van der Waals surface area (Å²) in [6.45, 7) is 0. The van der Waals surface area contributed by atoms with Crippen LogP contribution in [0.2, 0.25) is 0 Å². The number of thioether (sulfide) groups is 1. The average molecular weight is 765 g/mol. The molecule has 1 aliphatic carbocycles. The van der Waals surface area contributed by atoms with E-state index in [1.165, 1.54) is 69.3 Å². The molecule has 0 fully saturated rings. The van der Waals surface area contributed by atoms with Crippen molar-refractivity contribution in [1.82, 2.24) is 19.5 Å². The average Bonchev–Trinajstić information content (AvgIpc) is 3.95. The number of thiophene rings is 1. The van der Waals surface area contributed by atoms with E-state index in [0.29, 0.717) is 28.6 Å². The molecule has 268 valence electrons. The Morgan fingerprint density at radius 1 is 0.491 bits per heavy atom. The van der Waals surface area contributed by atoms with Gasteiger partial charge in [0, 0.05) is 69.4 Å². The molecule has 57 heavy (non-hydrogen) atoms. The molecule has 0 saturated heterocycles. The Morgan fingerprint density at radius 3 is 1.82 bits per heavy atom. The van der Waals surface area contributed by atoms with Crippen LogP contribution in [-0.2, 0) is 0 Å². The molecular weight excluding hydrogens is 733 g/mol. The highest BCUT2D eigenvalue weighted by molar-refractivity contribution is 8.00. The standard InChI is InChI=1S/C51H32N4S2/c1-3-12-31(13-4-1)49-52-50(32-14-5-2-6-15-32)54-51(53-49)42-19-11-18-41-40-26-23-34(29-46(40)57-48(41)42)33-22-25-38-39-27-24-35(30-47(39)56-45(38)28-33)55-43-20-9-7-16-36(43)37-17-8-10-21-44(37)55/h1-30,39,47H. The molecule has 0 radical (unpaired) electrons. The van der Waals surface area contributed by atoms with Gasteiger partial charge in [-0.1, -0.05) is 140 Å². The fourth-order valence-corrected chi connectivity index (χ4v) is 11.4. The van der Waals surface area contributed by atoms with E-state index in [1.54, 1.807) is 0 Å². The Kier molecular flexibility index (Phi) is 7.43. The van der Waals surface area contributed by atoms with Crippen molar-refractivity contribution in [1.29, 1.82) is 0 Å². The first-order chi connectivity index (χ1) is 28.2. The Balaban J connectivity index is 0.902. The fraction of sp³-hybridized carbons (Fsp3) is 0.0392. The van der Waals surface area contributed by atoms with Gasteiger partial charge < -0.3 is 4.57 Å². The number of hydrogen-bond acceptors (Lipinski definition) is 5. The lowest BCUT2D eigenvalue weighted by Crippen LogP contribution is -2.11. The van der Waals surface area contributed by atoms with Crippen molar-refractivity contribution in [2.45, 2.75) is 16.1 Å². The smallest absolute Gasteiger partial charge is 0.165 e. The van der Waals surface area contributed by atoms with Crippen molar-refractivity contribution >= 4 is 70.8 Å². The maximum Gasteiger partial charge on any atom is 0.165 e. The lowest BCUT2D eigenvalue weighted by molar-refractivity contribution is 0.877. The molecular formula is C51H32N4S2. The summed E-state index contributed by atoms with van der Waals surface area (Å²) in [5.41, 5.74) is 10.6. The molecule has 0 N–H and O–H groups in total. The van der Waals surface area contributed by atoms with Gasteiger partial charge in [0.25, 0.3) is 0 Å². The van der Waals surface area contributed by atoms with E-state index in [0.717, 1.165) is 16.7 Å². The lowest BCUT2D eigenvalue weighted by atomic mass is 9.90. The zero-order valence-corrected chi connectivity index (χ0v) is 32.2. The molecule has 7 aromatic carbocycles. The SMILES string of the molecule is C1=CC2c3ccc(-c4ccc5c(c4)sc4c(-c6nc(-c7ccccc7)nc(-c7ccccc7)n6)cccc45)cc3SC2C=C1n1c2ccccc2c2ccccc21. The summed E-state index contributed by atoms with van der Waals surface area (Å²) in [6, 6.07) is 58.3. The van der Waals surface area contributed by atoms with Crippen LogP contribution in [0.4, 0.5) is 0 Å². The maximum absolute atomic E-state index is 5.07. The van der Waals surface area contributed by atoms with Gasteiger partial charge in [-0.05, 0) is 59.2 Å². The molecule has 0 spiro atoms. The van der Waals surface area contributed by atoms with Crippen LogP contribution in [0, 0.1) is 0 Å². The molecule has 3 aromatic heterocycles. The van der Waals surface area contributed by atoms with Crippen molar-refractivity contribution in [2.75, 3.05) is 0 Å². The minimum Gasteiger partial charge on any atom is -0.310 e. The molecule has 2 atom stereocenters. The Hall–Kier alpha value is -6.60. The largest absolute Gasteiger partial charge is 0.310 e. The summed E-state index contributed by atoms with van der Waals surface area (Å²) in [6.07, 6.45) is 7.23. The van der Waals surface area contributed by atoms with E-state index in [1.807, 2.05) is 59.5 Å². The minimum absolute atomic E-state index is 0.346. The first-order valence-electron chi connectivity index (χ1n) is 19.3. The molecule has 0 amide bonds. The zero-order valence-electron chi connectivity index (χ0n) is 30.6. The van der Waals surface area contributed by atoms with Crippen LogP contribution in [0.1, 0.15) is 11.5 Å². The van der Waals surface area contributed by atoms with Crippen LogP contribution >= 0.6 is 23.1 Å². The van der Waals surface area contributed by atoms with Crippen molar-refractivity contribution in [3.8, 4) is 45.3 Å². The van der Waals surface area contributed by atoms with Crippen molar-refractivity contribution in [2.24, 2.45) is 0 Å². The molecule has 12 rings (SSSR count). The van der Waals surface area contributed by atoms with Crippen LogP contribution in [0.25, 0.3) is 93.0 Å². The summed E-state index contributed by atoms with van der Waals surface area (Å²) in [4.78, 5) is 16.4. The summed E-state index contributed by atoms with van der Waals surface area (Å²) < 4.78 is 4.86. The molecule has 4 heterocycles. The number of nitrogens with zero attached hydrogens (tertiary/aromatic N) is 4. The molecule has 10 aromatic rings. The van der Waals surface area contributed by atoms with Crippen LogP contribution in [0.15, 0.2) is 187 Å². The van der Waals surface area contributed by atoms with Gasteiger partial charge >= 0.3 is 0 Å². The summed E-state index contributed by atoms with van der Waals surface area (Å²) in [5.74, 6) is 2.38. The van der Waals surface area contributed by atoms with Gasteiger partial charge in [0.2, 0.25) is 0 Å². The van der Waals surface area contributed by atoms with Gasteiger partial charge in [-0.2, -0.15) is 0 Å². The predicted molar refractivity (Wildman–Crippen MR) is 240 cm³/mol. The van der Waals surface area contributed by atoms with Gasteiger partial charge in [0.05, 0.1) is 11.0 Å². The molecule has 2 unspecified atom stereocenters. The van der Waals surface area contributed by atoms with Crippen LogP contribution in [0.3, 0.4) is 0 Å². The number of allylic oxidation sites excluding steroid dienone is 3. The van der Waals surface area contributed by atoms with E-state index < -0.39 is 0 Å². The second-order valence-corrected chi connectivity index (χ2v) is 17.0. The minimum atomic E-state index is 0.346. The van der Waals surface area contributed by atoms with Crippen molar-refractivity contribution < 1.29 is 0 Å². The lowest BCUT2D eigenvalue weighted by Gasteiger charge is -2.20. The van der Waals surface area contributed by atoms with Gasteiger partial charge in [0.15, 0.2) is 17.5 Å². The van der Waals surface area contributed by atoms with E-state index in [9.17, 15) is 0 Å². The normalized spacial score (nSPS) is 16.0.